The van der Waals surface area contributed by atoms with Gasteiger partial charge in [-0.15, -0.1) is 0 Å². The number of aromatic nitrogens is 3. The summed E-state index contributed by atoms with van der Waals surface area (Å²) in [5, 5.41) is 14.0. The fourth-order valence-electron chi connectivity index (χ4n) is 2.64. The minimum Gasteiger partial charge on any atom is -0.479 e. The van der Waals surface area contributed by atoms with Gasteiger partial charge in [-0.3, -0.25) is 4.98 Å². The van der Waals surface area contributed by atoms with Gasteiger partial charge in [0, 0.05) is 12.4 Å². The highest BCUT2D eigenvalue weighted by atomic mass is 79.9. The molecule has 0 bridgehead atoms. The van der Waals surface area contributed by atoms with Crippen molar-refractivity contribution in [3.05, 3.63) is 58.6 Å². The van der Waals surface area contributed by atoms with Crippen LogP contribution in [0, 0.1) is 11.3 Å². The number of nitriles is 1. The van der Waals surface area contributed by atoms with Gasteiger partial charge in [-0.25, -0.2) is 4.52 Å². The second kappa shape index (κ2) is 8.26. The molecule has 0 aliphatic carbocycles. The first-order valence-corrected chi connectivity index (χ1v) is 13.1. The van der Waals surface area contributed by atoms with Crippen molar-refractivity contribution < 1.29 is 9.16 Å². The Morgan fingerprint density at radius 2 is 2.00 bits per heavy atom. The smallest absolute Gasteiger partial charge is 0.192 e. The molecule has 6 nitrogen and oxygen atoms in total. The third-order valence-corrected chi connectivity index (χ3v) is 10.4. The van der Waals surface area contributed by atoms with Gasteiger partial charge in [0.2, 0.25) is 0 Å². The molecule has 0 aromatic carbocycles. The lowest BCUT2D eigenvalue weighted by Crippen LogP contribution is -2.42. The first-order valence-electron chi connectivity index (χ1n) is 9.42. The SMILES string of the molecule is CC(C)(C)[Si](C)(C)OCC(Oc1cccn2nc(Br)c(C#N)c12)c1ccccn1. The Bertz CT molecular complexity index is 1040. The molecule has 8 heteroatoms. The second-order valence-corrected chi connectivity index (χ2v) is 13.9. The van der Waals surface area contributed by atoms with Gasteiger partial charge in [-0.1, -0.05) is 26.8 Å². The summed E-state index contributed by atoms with van der Waals surface area (Å²) in [6.07, 6.45) is 3.13. The maximum Gasteiger partial charge on any atom is 0.192 e. The lowest BCUT2D eigenvalue weighted by Gasteiger charge is -2.37. The van der Waals surface area contributed by atoms with Crippen LogP contribution in [0.5, 0.6) is 5.75 Å². The molecule has 1 atom stereocenters. The summed E-state index contributed by atoms with van der Waals surface area (Å²) in [7, 11) is -1.97. The summed E-state index contributed by atoms with van der Waals surface area (Å²) in [5.41, 5.74) is 1.84. The van der Waals surface area contributed by atoms with Crippen LogP contribution in [-0.4, -0.2) is 29.5 Å². The summed E-state index contributed by atoms with van der Waals surface area (Å²) >= 11 is 3.35. The number of halogens is 1. The molecular weight excluding hydrogens is 448 g/mol. The lowest BCUT2D eigenvalue weighted by molar-refractivity contribution is 0.119. The van der Waals surface area contributed by atoms with Gasteiger partial charge in [0.25, 0.3) is 0 Å². The number of ether oxygens (including phenoxy) is 1. The Balaban J connectivity index is 1.97. The van der Waals surface area contributed by atoms with Crippen molar-refractivity contribution in [2.45, 2.75) is 45.0 Å². The molecule has 0 aliphatic rings. The van der Waals surface area contributed by atoms with Crippen LogP contribution in [0.4, 0.5) is 0 Å². The largest absolute Gasteiger partial charge is 0.479 e. The van der Waals surface area contributed by atoms with Gasteiger partial charge < -0.3 is 9.16 Å². The molecule has 29 heavy (non-hydrogen) atoms. The van der Waals surface area contributed by atoms with Crippen molar-refractivity contribution in [3.63, 3.8) is 0 Å². The highest BCUT2D eigenvalue weighted by molar-refractivity contribution is 9.10. The standard InChI is InChI=1S/C21H25BrN4O2Si/c1-21(2,3)29(4,5)27-14-18(16-9-6-7-11-24-16)28-17-10-8-12-26-19(17)15(13-23)20(22)25-26/h6-12,18H,14H2,1-5H3. The number of hydrogen-bond donors (Lipinski definition) is 0. The first kappa shape index (κ1) is 21.5. The van der Waals surface area contributed by atoms with E-state index in [9.17, 15) is 5.26 Å². The zero-order valence-corrected chi connectivity index (χ0v) is 19.9. The topological polar surface area (TPSA) is 72.4 Å². The average Bonchev–Trinajstić information content (AvgIpc) is 3.00. The molecule has 0 N–H and O–H groups in total. The van der Waals surface area contributed by atoms with E-state index < -0.39 is 14.4 Å². The summed E-state index contributed by atoms with van der Waals surface area (Å²) in [4.78, 5) is 4.48. The van der Waals surface area contributed by atoms with E-state index in [1.165, 1.54) is 0 Å². The molecule has 0 radical (unpaired) electrons. The quantitative estimate of drug-likeness (QED) is 0.442. The third kappa shape index (κ3) is 4.52. The molecule has 0 saturated heterocycles. The van der Waals surface area contributed by atoms with E-state index in [4.69, 9.17) is 9.16 Å². The Kier molecular flexibility index (Phi) is 6.12. The van der Waals surface area contributed by atoms with Gasteiger partial charge in [0.1, 0.15) is 27.5 Å². The van der Waals surface area contributed by atoms with Gasteiger partial charge in [0.05, 0.1) is 12.3 Å². The molecule has 1 unspecified atom stereocenters. The van der Waals surface area contributed by atoms with E-state index >= 15 is 0 Å². The van der Waals surface area contributed by atoms with Crippen LogP contribution >= 0.6 is 15.9 Å². The lowest BCUT2D eigenvalue weighted by atomic mass is 10.2. The van der Waals surface area contributed by atoms with Crippen LogP contribution in [0.25, 0.3) is 5.52 Å². The van der Waals surface area contributed by atoms with Crippen LogP contribution in [0.1, 0.15) is 38.1 Å². The molecule has 3 heterocycles. The Labute approximate surface area is 180 Å². The average molecular weight is 473 g/mol. The molecule has 0 amide bonds. The third-order valence-electron chi connectivity index (χ3n) is 5.38. The first-order chi connectivity index (χ1) is 13.6. The summed E-state index contributed by atoms with van der Waals surface area (Å²) < 4.78 is 14.9. The van der Waals surface area contributed by atoms with Gasteiger partial charge >= 0.3 is 0 Å². The highest BCUT2D eigenvalue weighted by Crippen LogP contribution is 2.38. The number of nitrogens with zero attached hydrogens (tertiary/aromatic N) is 4. The van der Waals surface area contributed by atoms with E-state index in [2.05, 4.69) is 65.9 Å². The summed E-state index contributed by atoms with van der Waals surface area (Å²) in [6, 6.07) is 11.6. The van der Waals surface area contributed by atoms with Crippen LogP contribution in [0.2, 0.25) is 18.1 Å². The van der Waals surface area contributed by atoms with E-state index in [1.54, 1.807) is 16.9 Å². The number of hydrogen-bond acceptors (Lipinski definition) is 5. The zero-order chi connectivity index (χ0) is 21.2. The van der Waals surface area contributed by atoms with Crippen molar-refractivity contribution in [2.24, 2.45) is 0 Å². The number of rotatable bonds is 6. The summed E-state index contributed by atoms with van der Waals surface area (Å²) in [5.74, 6) is 0.566. The molecule has 152 valence electrons. The molecule has 0 aliphatic heterocycles. The predicted molar refractivity (Wildman–Crippen MR) is 118 cm³/mol. The van der Waals surface area contributed by atoms with Crippen LogP contribution < -0.4 is 4.74 Å². The molecule has 0 fully saturated rings. The van der Waals surface area contributed by atoms with E-state index in [0.29, 0.717) is 28.0 Å². The van der Waals surface area contributed by atoms with Crippen molar-refractivity contribution in [1.29, 1.82) is 5.26 Å². The van der Waals surface area contributed by atoms with Crippen LogP contribution in [-0.2, 0) is 4.43 Å². The molecule has 0 saturated carbocycles. The number of fused-ring (bicyclic) bond motifs is 1. The minimum absolute atomic E-state index is 0.0893. The number of pyridine rings is 2. The zero-order valence-electron chi connectivity index (χ0n) is 17.3. The van der Waals surface area contributed by atoms with Gasteiger partial charge in [-0.05, 0) is 58.3 Å². The second-order valence-electron chi connectivity index (χ2n) is 8.38. The Morgan fingerprint density at radius 3 is 2.62 bits per heavy atom. The predicted octanol–water partition coefficient (Wildman–Crippen LogP) is 5.51. The van der Waals surface area contributed by atoms with Gasteiger partial charge in [-0.2, -0.15) is 10.4 Å². The fraction of sp³-hybridized carbons (Fsp3) is 0.381. The summed E-state index contributed by atoms with van der Waals surface area (Å²) in [6.45, 7) is 11.4. The minimum atomic E-state index is -1.97. The van der Waals surface area contributed by atoms with Crippen LogP contribution in [0.15, 0.2) is 47.3 Å². The van der Waals surface area contributed by atoms with Crippen molar-refractivity contribution in [1.82, 2.24) is 14.6 Å². The Hall–Kier alpha value is -2.21. The monoisotopic (exact) mass is 472 g/mol. The van der Waals surface area contributed by atoms with Gasteiger partial charge in [0.15, 0.2) is 14.4 Å². The molecule has 0 spiro atoms. The van der Waals surface area contributed by atoms with Crippen molar-refractivity contribution in [2.75, 3.05) is 6.61 Å². The maximum absolute atomic E-state index is 9.56. The normalized spacial score (nSPS) is 13.3. The molecule has 3 aromatic rings. The van der Waals surface area contributed by atoms with E-state index in [1.807, 2.05) is 30.3 Å². The molecule has 3 aromatic heterocycles. The van der Waals surface area contributed by atoms with Crippen molar-refractivity contribution >= 4 is 29.8 Å². The van der Waals surface area contributed by atoms with E-state index in [0.717, 1.165) is 5.69 Å². The maximum atomic E-state index is 9.56. The van der Waals surface area contributed by atoms with E-state index in [-0.39, 0.29) is 5.04 Å². The molecule has 3 rings (SSSR count). The molecular formula is C21H25BrN4O2Si. The fourth-order valence-corrected chi connectivity index (χ4v) is 4.08. The Morgan fingerprint density at radius 1 is 1.24 bits per heavy atom. The highest BCUT2D eigenvalue weighted by Gasteiger charge is 2.38. The van der Waals surface area contributed by atoms with Crippen molar-refractivity contribution in [3.8, 4) is 11.8 Å². The van der Waals surface area contributed by atoms with Crippen LogP contribution in [0.3, 0.4) is 0 Å².